The first kappa shape index (κ1) is 71.7. The van der Waals surface area contributed by atoms with Crippen molar-refractivity contribution in [3.63, 3.8) is 0 Å². The third-order valence-electron chi connectivity index (χ3n) is 14.6. The zero-order valence-electron chi connectivity index (χ0n) is 49.4. The lowest BCUT2D eigenvalue weighted by Crippen LogP contribution is -2.46. The Morgan fingerprint density at radius 2 is 0.795 bits per heavy atom. The molecule has 0 aliphatic heterocycles. The van der Waals surface area contributed by atoms with Crippen LogP contribution in [0.15, 0.2) is 36.5 Å². The number of allylic oxidation sites excluding steroid dienone is 6. The van der Waals surface area contributed by atoms with Gasteiger partial charge in [0.2, 0.25) is 5.91 Å². The van der Waals surface area contributed by atoms with Gasteiger partial charge in [-0.3, -0.25) is 9.36 Å². The van der Waals surface area contributed by atoms with Gasteiger partial charge in [0.1, 0.15) is 13.2 Å². The molecule has 9 heteroatoms. The van der Waals surface area contributed by atoms with E-state index >= 15 is 0 Å². The Balaban J connectivity index is 3.76. The van der Waals surface area contributed by atoms with Gasteiger partial charge in [-0.1, -0.05) is 294 Å². The number of aliphatic hydroxyl groups is 1. The van der Waals surface area contributed by atoms with Crippen molar-refractivity contribution in [2.24, 2.45) is 0 Å². The Kier molecular flexibility index (Phi) is 54.5. The van der Waals surface area contributed by atoms with Crippen LogP contribution in [0.1, 0.15) is 316 Å². The fourth-order valence-corrected chi connectivity index (χ4v) is 10.4. The quantitative estimate of drug-likeness (QED) is 0.0272. The number of amides is 1. The Hall–Kier alpha value is -1.28. The molecular formula is C64H125N2O6P. The number of rotatable bonds is 59. The molecule has 0 aromatic rings. The van der Waals surface area contributed by atoms with Crippen molar-refractivity contribution in [1.29, 1.82) is 0 Å². The second kappa shape index (κ2) is 55.5. The van der Waals surface area contributed by atoms with Gasteiger partial charge in [0.15, 0.2) is 0 Å². The smallest absolute Gasteiger partial charge is 0.268 e. The highest BCUT2D eigenvalue weighted by Gasteiger charge is 2.24. The maximum absolute atomic E-state index is 12.9. The van der Waals surface area contributed by atoms with E-state index in [-0.39, 0.29) is 19.1 Å². The molecule has 0 aromatic carbocycles. The standard InChI is InChI=1S/C64H125N2O6P/c1-6-8-10-12-14-16-18-19-20-21-22-23-24-25-26-27-28-29-30-31-32-33-34-35-36-37-38-39-40-41-42-43-44-45-46-47-48-50-52-54-56-58-64(68)65-62(61-72-73(69,70)71-60-59-66(3,4)5)63(67)57-55-53-51-49-17-15-13-11-9-7-2/h18-19,21-22,24-25,62-63,67H,6-17,20,23,26-61H2,1-5H3,(H-,65,68,69,70)/b19-18-,22-21-,25-24-. The third kappa shape index (κ3) is 58.2. The van der Waals surface area contributed by atoms with Crippen LogP contribution >= 0.6 is 7.82 Å². The van der Waals surface area contributed by atoms with Crippen molar-refractivity contribution >= 4 is 13.7 Å². The number of unbranched alkanes of at least 4 members (excludes halogenated alkanes) is 40. The number of phosphoric acid groups is 1. The number of nitrogens with one attached hydrogen (secondary N) is 1. The third-order valence-corrected chi connectivity index (χ3v) is 15.6. The van der Waals surface area contributed by atoms with Crippen molar-refractivity contribution in [2.75, 3.05) is 40.9 Å². The normalized spacial score (nSPS) is 14.0. The Bertz CT molecular complexity index is 1280. The van der Waals surface area contributed by atoms with E-state index < -0.39 is 20.0 Å². The zero-order valence-corrected chi connectivity index (χ0v) is 50.3. The van der Waals surface area contributed by atoms with Gasteiger partial charge in [0.05, 0.1) is 39.9 Å². The number of hydrogen-bond donors (Lipinski definition) is 2. The molecule has 0 saturated heterocycles. The molecule has 0 radical (unpaired) electrons. The molecule has 2 N–H and O–H groups in total. The molecule has 0 aliphatic rings. The van der Waals surface area contributed by atoms with E-state index in [4.69, 9.17) is 9.05 Å². The second-order valence-electron chi connectivity index (χ2n) is 23.1. The lowest BCUT2D eigenvalue weighted by molar-refractivity contribution is -0.870. The predicted octanol–water partition coefficient (Wildman–Crippen LogP) is 19.1. The van der Waals surface area contributed by atoms with Gasteiger partial charge in [-0.15, -0.1) is 0 Å². The van der Waals surface area contributed by atoms with Crippen LogP contribution in [0.4, 0.5) is 0 Å². The number of quaternary nitrogens is 1. The van der Waals surface area contributed by atoms with Crippen LogP contribution in [-0.2, 0) is 18.4 Å². The van der Waals surface area contributed by atoms with Gasteiger partial charge in [0.25, 0.3) is 7.82 Å². The number of phosphoric ester groups is 1. The van der Waals surface area contributed by atoms with E-state index in [0.29, 0.717) is 23.9 Å². The van der Waals surface area contributed by atoms with Crippen molar-refractivity contribution in [2.45, 2.75) is 328 Å². The van der Waals surface area contributed by atoms with E-state index in [1.54, 1.807) is 0 Å². The van der Waals surface area contributed by atoms with Crippen LogP contribution < -0.4 is 10.2 Å². The number of carbonyl (C=O) groups is 1. The monoisotopic (exact) mass is 1050 g/mol. The van der Waals surface area contributed by atoms with E-state index in [1.807, 2.05) is 21.1 Å². The Morgan fingerprint density at radius 3 is 1.15 bits per heavy atom. The largest absolute Gasteiger partial charge is 0.756 e. The van der Waals surface area contributed by atoms with E-state index in [2.05, 4.69) is 55.6 Å². The van der Waals surface area contributed by atoms with Gasteiger partial charge < -0.3 is 28.8 Å². The van der Waals surface area contributed by atoms with Crippen molar-refractivity contribution in [1.82, 2.24) is 5.32 Å². The predicted molar refractivity (Wildman–Crippen MR) is 316 cm³/mol. The van der Waals surface area contributed by atoms with Crippen LogP contribution in [-0.4, -0.2) is 68.5 Å². The molecule has 0 bridgehead atoms. The average Bonchev–Trinajstić information content (AvgIpc) is 3.35. The van der Waals surface area contributed by atoms with Crippen LogP contribution in [0.3, 0.4) is 0 Å². The summed E-state index contributed by atoms with van der Waals surface area (Å²) >= 11 is 0. The van der Waals surface area contributed by atoms with Crippen molar-refractivity contribution < 1.29 is 32.9 Å². The summed E-state index contributed by atoms with van der Waals surface area (Å²) in [5.41, 5.74) is 0. The van der Waals surface area contributed by atoms with Crippen LogP contribution in [0.2, 0.25) is 0 Å². The molecule has 0 aromatic heterocycles. The molecule has 432 valence electrons. The molecule has 3 unspecified atom stereocenters. The highest BCUT2D eigenvalue weighted by atomic mass is 31.2. The molecule has 0 rings (SSSR count). The van der Waals surface area contributed by atoms with Crippen molar-refractivity contribution in [3.8, 4) is 0 Å². The minimum Gasteiger partial charge on any atom is -0.756 e. The summed E-state index contributed by atoms with van der Waals surface area (Å²) < 4.78 is 23.3. The molecule has 0 aliphatic carbocycles. The Labute approximate surface area is 455 Å². The number of nitrogens with zero attached hydrogens (tertiary/aromatic N) is 1. The summed E-state index contributed by atoms with van der Waals surface area (Å²) in [6.07, 6.45) is 72.3. The first-order chi connectivity index (χ1) is 35.5. The fourth-order valence-electron chi connectivity index (χ4n) is 9.64. The topological polar surface area (TPSA) is 108 Å². The average molecular weight is 1050 g/mol. The SMILES string of the molecule is CCCCCCC/C=C\C/C=C\C/C=C\CCCCCCCCCCCCCCCCCCCCCCCCCCCCC(=O)NC(COP(=O)([O-])OCC[N+](C)(C)C)C(O)CCCCCCCCCCCC. The van der Waals surface area contributed by atoms with E-state index in [0.717, 1.165) is 51.4 Å². The van der Waals surface area contributed by atoms with Gasteiger partial charge in [0, 0.05) is 6.42 Å². The molecule has 0 fully saturated rings. The molecule has 3 atom stereocenters. The lowest BCUT2D eigenvalue weighted by atomic mass is 10.0. The number of hydrogen-bond acceptors (Lipinski definition) is 6. The van der Waals surface area contributed by atoms with Gasteiger partial charge in [-0.2, -0.15) is 0 Å². The highest BCUT2D eigenvalue weighted by Crippen LogP contribution is 2.38. The Morgan fingerprint density at radius 1 is 0.479 bits per heavy atom. The van der Waals surface area contributed by atoms with Crippen LogP contribution in [0.5, 0.6) is 0 Å². The summed E-state index contributed by atoms with van der Waals surface area (Å²) in [6, 6.07) is -0.796. The molecule has 73 heavy (non-hydrogen) atoms. The number of carbonyl (C=O) groups excluding carboxylic acids is 1. The summed E-state index contributed by atoms with van der Waals surface area (Å²) in [6.45, 7) is 4.72. The second-order valence-corrected chi connectivity index (χ2v) is 24.5. The lowest BCUT2D eigenvalue weighted by Gasteiger charge is -2.30. The fraction of sp³-hybridized carbons (Fsp3) is 0.891. The highest BCUT2D eigenvalue weighted by molar-refractivity contribution is 7.45. The zero-order chi connectivity index (χ0) is 53.5. The minimum absolute atomic E-state index is 0.0143. The van der Waals surface area contributed by atoms with Crippen LogP contribution in [0.25, 0.3) is 0 Å². The summed E-state index contributed by atoms with van der Waals surface area (Å²) in [5, 5.41) is 13.9. The minimum atomic E-state index is -4.56. The maximum Gasteiger partial charge on any atom is 0.268 e. The first-order valence-corrected chi connectivity index (χ1v) is 33.3. The van der Waals surface area contributed by atoms with Gasteiger partial charge in [-0.25, -0.2) is 0 Å². The van der Waals surface area contributed by atoms with Gasteiger partial charge >= 0.3 is 0 Å². The molecule has 1 amide bonds. The van der Waals surface area contributed by atoms with E-state index in [9.17, 15) is 19.4 Å². The summed E-state index contributed by atoms with van der Waals surface area (Å²) in [7, 11) is 1.32. The number of aliphatic hydroxyl groups excluding tert-OH is 1. The maximum atomic E-state index is 12.9. The van der Waals surface area contributed by atoms with Crippen molar-refractivity contribution in [3.05, 3.63) is 36.5 Å². The first-order valence-electron chi connectivity index (χ1n) is 31.8. The number of likely N-dealkylation sites (N-methyl/N-ethyl adjacent to an activating group) is 1. The summed E-state index contributed by atoms with van der Waals surface area (Å²) in [5.74, 6) is -0.161. The molecule has 8 nitrogen and oxygen atoms in total. The molecule has 0 saturated carbocycles. The van der Waals surface area contributed by atoms with Gasteiger partial charge in [-0.05, 0) is 51.4 Å². The van der Waals surface area contributed by atoms with E-state index in [1.165, 1.54) is 238 Å². The molecule has 0 spiro atoms. The molecular weight excluding hydrogens is 924 g/mol. The molecule has 0 heterocycles. The van der Waals surface area contributed by atoms with Crippen LogP contribution in [0, 0.1) is 0 Å². The summed E-state index contributed by atoms with van der Waals surface area (Å²) in [4.78, 5) is 25.4.